The normalized spacial score (nSPS) is 26.7. The van der Waals surface area contributed by atoms with E-state index in [1.165, 1.54) is 7.05 Å². The second-order valence-electron chi connectivity index (χ2n) is 3.91. The number of ether oxygens (including phenoxy) is 1. The van der Waals surface area contributed by atoms with Gasteiger partial charge in [-0.3, -0.25) is 4.79 Å². The first kappa shape index (κ1) is 8.53. The molecule has 1 aliphatic heterocycles. The van der Waals surface area contributed by atoms with Crippen LogP contribution in [0.25, 0.3) is 0 Å². The molecule has 2 rings (SSSR count). The molecule has 0 radical (unpaired) electrons. The molecule has 1 heterocycles. The van der Waals surface area contributed by atoms with Gasteiger partial charge in [-0.05, 0) is 12.8 Å². The van der Waals surface area contributed by atoms with Gasteiger partial charge >= 0.3 is 6.09 Å². The molecule has 2 aliphatic rings. The van der Waals surface area contributed by atoms with Gasteiger partial charge in [0.25, 0.3) is 0 Å². The van der Waals surface area contributed by atoms with Crippen LogP contribution in [0.4, 0.5) is 4.79 Å². The van der Waals surface area contributed by atoms with Crippen LogP contribution >= 0.6 is 0 Å². The maximum Gasteiger partial charge on any atom is 0.416 e. The fourth-order valence-electron chi connectivity index (χ4n) is 2.21. The van der Waals surface area contributed by atoms with Gasteiger partial charge in [0, 0.05) is 7.05 Å². The molecule has 4 heteroatoms. The van der Waals surface area contributed by atoms with Crippen LogP contribution in [0, 0.1) is 5.41 Å². The van der Waals surface area contributed by atoms with Crippen molar-refractivity contribution in [2.45, 2.75) is 25.7 Å². The second-order valence-corrected chi connectivity index (χ2v) is 3.91. The highest BCUT2D eigenvalue weighted by Gasteiger charge is 2.48. The van der Waals surface area contributed by atoms with Crippen LogP contribution in [0.3, 0.4) is 0 Å². The fourth-order valence-corrected chi connectivity index (χ4v) is 2.21. The first-order valence-corrected chi connectivity index (χ1v) is 4.61. The number of hydrogen-bond donors (Lipinski definition) is 0. The van der Waals surface area contributed by atoms with E-state index in [0.717, 1.165) is 30.6 Å². The summed E-state index contributed by atoms with van der Waals surface area (Å²) in [6.45, 7) is 0.287. The van der Waals surface area contributed by atoms with E-state index in [4.69, 9.17) is 4.74 Å². The molecule has 1 saturated carbocycles. The van der Waals surface area contributed by atoms with Crippen LogP contribution in [0.1, 0.15) is 25.7 Å². The summed E-state index contributed by atoms with van der Waals surface area (Å²) in [4.78, 5) is 23.9. The third kappa shape index (κ3) is 1.12. The largest absolute Gasteiger partial charge is 0.448 e. The third-order valence-electron chi connectivity index (χ3n) is 3.06. The maximum atomic E-state index is 11.8. The molecule has 0 bridgehead atoms. The highest BCUT2D eigenvalue weighted by Crippen LogP contribution is 2.41. The summed E-state index contributed by atoms with van der Waals surface area (Å²) in [6, 6.07) is 0. The van der Waals surface area contributed by atoms with Gasteiger partial charge in [0.2, 0.25) is 5.91 Å². The Morgan fingerprint density at radius 2 is 1.92 bits per heavy atom. The number of amides is 2. The molecule has 4 nitrogen and oxygen atoms in total. The summed E-state index contributed by atoms with van der Waals surface area (Å²) < 4.78 is 4.96. The summed E-state index contributed by atoms with van der Waals surface area (Å²) in [5, 5.41) is 0. The van der Waals surface area contributed by atoms with E-state index in [1.807, 2.05) is 0 Å². The van der Waals surface area contributed by atoms with E-state index >= 15 is 0 Å². The molecule has 0 aromatic rings. The van der Waals surface area contributed by atoms with Gasteiger partial charge in [0.15, 0.2) is 0 Å². The lowest BCUT2D eigenvalue weighted by molar-refractivity contribution is -0.147. The van der Waals surface area contributed by atoms with Crippen molar-refractivity contribution in [2.24, 2.45) is 5.41 Å². The van der Waals surface area contributed by atoms with Crippen molar-refractivity contribution in [2.75, 3.05) is 13.7 Å². The molecule has 2 amide bonds. The van der Waals surface area contributed by atoms with E-state index in [0.29, 0.717) is 0 Å². The van der Waals surface area contributed by atoms with E-state index in [-0.39, 0.29) is 17.9 Å². The monoisotopic (exact) mass is 183 g/mol. The van der Waals surface area contributed by atoms with E-state index in [9.17, 15) is 9.59 Å². The van der Waals surface area contributed by atoms with E-state index in [2.05, 4.69) is 0 Å². The predicted octanol–water partition coefficient (Wildman–Crippen LogP) is 1.16. The van der Waals surface area contributed by atoms with Crippen molar-refractivity contribution in [3.8, 4) is 0 Å². The minimum Gasteiger partial charge on any atom is -0.448 e. The quantitative estimate of drug-likeness (QED) is 0.566. The molecule has 13 heavy (non-hydrogen) atoms. The van der Waals surface area contributed by atoms with Gasteiger partial charge in [0.05, 0.1) is 5.41 Å². The van der Waals surface area contributed by atoms with Crippen molar-refractivity contribution >= 4 is 12.0 Å². The summed E-state index contributed by atoms with van der Waals surface area (Å²) in [7, 11) is 1.49. The molecule has 0 atom stereocenters. The summed E-state index contributed by atoms with van der Waals surface area (Å²) >= 11 is 0. The first-order valence-electron chi connectivity index (χ1n) is 4.61. The van der Waals surface area contributed by atoms with Crippen molar-refractivity contribution in [1.82, 2.24) is 4.90 Å². The zero-order chi connectivity index (χ0) is 9.47. The van der Waals surface area contributed by atoms with Gasteiger partial charge in [-0.2, -0.15) is 0 Å². The maximum absolute atomic E-state index is 11.8. The number of rotatable bonds is 0. The molecular formula is C9H13NO3. The number of nitrogens with zero attached hydrogens (tertiary/aromatic N) is 1. The van der Waals surface area contributed by atoms with Gasteiger partial charge in [0.1, 0.15) is 6.61 Å². The first-order chi connectivity index (χ1) is 6.16. The van der Waals surface area contributed by atoms with Crippen LogP contribution in [-0.4, -0.2) is 30.6 Å². The molecule has 0 aromatic heterocycles. The molecule has 72 valence electrons. The van der Waals surface area contributed by atoms with Crippen molar-refractivity contribution in [1.29, 1.82) is 0 Å². The molecule has 1 spiro atoms. The topological polar surface area (TPSA) is 46.6 Å². The Morgan fingerprint density at radius 1 is 1.31 bits per heavy atom. The molecule has 2 fully saturated rings. The van der Waals surface area contributed by atoms with Gasteiger partial charge in [-0.25, -0.2) is 9.69 Å². The van der Waals surface area contributed by atoms with Crippen molar-refractivity contribution in [3.63, 3.8) is 0 Å². The van der Waals surface area contributed by atoms with Crippen LogP contribution in [-0.2, 0) is 9.53 Å². The SMILES string of the molecule is CN1C(=O)OCC2(CCCC2)C1=O. The van der Waals surface area contributed by atoms with Crippen molar-refractivity contribution < 1.29 is 14.3 Å². The standard InChI is InChI=1S/C9H13NO3/c1-10-7(11)9(4-2-3-5-9)6-13-8(10)12/h2-6H2,1H3. The van der Waals surface area contributed by atoms with Crippen molar-refractivity contribution in [3.05, 3.63) is 0 Å². The van der Waals surface area contributed by atoms with E-state index < -0.39 is 6.09 Å². The molecule has 1 aliphatic carbocycles. The summed E-state index contributed by atoms with van der Waals surface area (Å²) in [5.74, 6) is -0.0544. The lowest BCUT2D eigenvalue weighted by Crippen LogP contribution is -2.51. The predicted molar refractivity (Wildman–Crippen MR) is 45.0 cm³/mol. The number of hydrogen-bond acceptors (Lipinski definition) is 3. The third-order valence-corrected chi connectivity index (χ3v) is 3.06. The van der Waals surface area contributed by atoms with Crippen LogP contribution in [0.2, 0.25) is 0 Å². The van der Waals surface area contributed by atoms with Gasteiger partial charge in [-0.15, -0.1) is 0 Å². The Kier molecular flexibility index (Phi) is 1.78. The highest BCUT2D eigenvalue weighted by molar-refractivity contribution is 5.97. The van der Waals surface area contributed by atoms with E-state index in [1.54, 1.807) is 0 Å². The van der Waals surface area contributed by atoms with Gasteiger partial charge < -0.3 is 4.74 Å². The lowest BCUT2D eigenvalue weighted by Gasteiger charge is -2.35. The molecular weight excluding hydrogens is 170 g/mol. The smallest absolute Gasteiger partial charge is 0.416 e. The number of imide groups is 1. The Balaban J connectivity index is 2.22. The molecule has 0 aromatic carbocycles. The molecule has 1 saturated heterocycles. The highest BCUT2D eigenvalue weighted by atomic mass is 16.6. The zero-order valence-corrected chi connectivity index (χ0v) is 7.71. The number of carbonyl (C=O) groups excluding carboxylic acids is 2. The molecule has 0 N–H and O–H groups in total. The Hall–Kier alpha value is -1.06. The Morgan fingerprint density at radius 3 is 2.54 bits per heavy atom. The minimum absolute atomic E-state index is 0.0544. The average Bonchev–Trinajstić information content (AvgIpc) is 2.59. The summed E-state index contributed by atoms with van der Waals surface area (Å²) in [6.07, 6.45) is 3.35. The van der Waals surface area contributed by atoms with Crippen LogP contribution in [0.5, 0.6) is 0 Å². The Bertz CT molecular complexity index is 256. The zero-order valence-electron chi connectivity index (χ0n) is 7.71. The minimum atomic E-state index is -0.512. The average molecular weight is 183 g/mol. The molecule has 0 unspecified atom stereocenters. The summed E-state index contributed by atoms with van der Waals surface area (Å²) in [5.41, 5.74) is -0.372. The van der Waals surface area contributed by atoms with Crippen LogP contribution < -0.4 is 0 Å². The lowest BCUT2D eigenvalue weighted by atomic mass is 9.85. The second kappa shape index (κ2) is 2.72. The Labute approximate surface area is 76.8 Å². The number of carbonyl (C=O) groups is 2. The number of cyclic esters (lactones) is 1. The fraction of sp³-hybridized carbons (Fsp3) is 0.778. The van der Waals surface area contributed by atoms with Gasteiger partial charge in [-0.1, -0.05) is 12.8 Å². The van der Waals surface area contributed by atoms with Crippen LogP contribution in [0.15, 0.2) is 0 Å².